The largest absolute Gasteiger partial charge is 0.458 e. The molecule has 0 radical (unpaired) electrons. The molecule has 0 amide bonds. The van der Waals surface area contributed by atoms with Gasteiger partial charge in [0.1, 0.15) is 6.10 Å². The predicted octanol–water partition coefficient (Wildman–Crippen LogP) is 11.2. The number of hydrogen-bond acceptors (Lipinski definition) is 2. The van der Waals surface area contributed by atoms with Crippen molar-refractivity contribution in [2.75, 3.05) is 0 Å². The minimum Gasteiger partial charge on any atom is -0.458 e. The smallest absolute Gasteiger partial charge is 0.338 e. The van der Waals surface area contributed by atoms with Crippen LogP contribution in [0.5, 0.6) is 0 Å². The molecule has 0 N–H and O–H groups in total. The van der Waals surface area contributed by atoms with Gasteiger partial charge in [-0.2, -0.15) is 0 Å². The van der Waals surface area contributed by atoms with Crippen LogP contribution in [0.2, 0.25) is 0 Å². The molecule has 3 aliphatic rings. The lowest BCUT2D eigenvalue weighted by atomic mass is 9.61. The maximum absolute atomic E-state index is 13.0. The average molecular weight is 577 g/mol. The molecule has 0 saturated heterocycles. The molecule has 0 spiro atoms. The summed E-state index contributed by atoms with van der Waals surface area (Å²) in [5.74, 6) is 3.13. The molecule has 2 heteroatoms. The highest BCUT2D eigenvalue weighted by molar-refractivity contribution is 5.90. The van der Waals surface area contributed by atoms with Crippen LogP contribution in [0, 0.1) is 35.0 Å². The van der Waals surface area contributed by atoms with Crippen LogP contribution < -0.4 is 0 Å². The van der Waals surface area contributed by atoms with Gasteiger partial charge < -0.3 is 4.74 Å². The third kappa shape index (κ3) is 7.17. The topological polar surface area (TPSA) is 26.3 Å². The summed E-state index contributed by atoms with van der Waals surface area (Å²) < 4.78 is 6.03. The van der Waals surface area contributed by atoms with Crippen molar-refractivity contribution in [3.8, 4) is 11.1 Å². The Balaban J connectivity index is 1.23. The van der Waals surface area contributed by atoms with Crippen LogP contribution in [0.25, 0.3) is 11.1 Å². The number of benzene rings is 2. The van der Waals surface area contributed by atoms with Gasteiger partial charge in [0.2, 0.25) is 0 Å². The van der Waals surface area contributed by atoms with Gasteiger partial charge in [0, 0.05) is 6.42 Å². The molecule has 0 aliphatic heterocycles. The zero-order valence-corrected chi connectivity index (χ0v) is 27.2. The Kier molecular flexibility index (Phi) is 9.95. The van der Waals surface area contributed by atoms with E-state index in [0.29, 0.717) is 34.7 Å². The standard InChI is InChI=1S/C41H52O2/c1-28(2)29(3)14-15-31(5)38-24-25-39-34(13-10-26-41(38,39)6)19-22-36-27-37(23-16-30(36)4)43-40(42)35-20-17-33(18-21-35)32-11-8-7-9-12-32/h7-9,11-12,14-15,17-22,28-29,31,37-39H,4,10,13,16,23-27H2,1-3,5-6H3/b15-14+,34-19+,36-22-/t29-,31+,37-,38+,39-,41+/m0/s1. The van der Waals surface area contributed by atoms with E-state index < -0.39 is 0 Å². The monoisotopic (exact) mass is 576 g/mol. The molecule has 0 unspecified atom stereocenters. The minimum absolute atomic E-state index is 0.107. The van der Waals surface area contributed by atoms with E-state index in [-0.39, 0.29) is 12.1 Å². The summed E-state index contributed by atoms with van der Waals surface area (Å²) in [4.78, 5) is 13.0. The third-order valence-corrected chi connectivity index (χ3v) is 11.1. The Bertz CT molecular complexity index is 1360. The van der Waals surface area contributed by atoms with Gasteiger partial charge in [-0.25, -0.2) is 4.79 Å². The van der Waals surface area contributed by atoms with Gasteiger partial charge in [-0.15, -0.1) is 0 Å². The summed E-state index contributed by atoms with van der Waals surface area (Å²) in [7, 11) is 0. The van der Waals surface area contributed by atoms with Crippen LogP contribution in [-0.4, -0.2) is 12.1 Å². The summed E-state index contributed by atoms with van der Waals surface area (Å²) in [6, 6.07) is 18.0. The highest BCUT2D eigenvalue weighted by atomic mass is 16.5. The molecule has 5 rings (SSSR count). The first-order chi connectivity index (χ1) is 20.7. The van der Waals surface area contributed by atoms with Crippen LogP contribution in [-0.2, 0) is 4.74 Å². The Hall–Kier alpha value is -3.13. The first-order valence-corrected chi connectivity index (χ1v) is 16.8. The van der Waals surface area contributed by atoms with E-state index in [1.165, 1.54) is 43.3 Å². The van der Waals surface area contributed by atoms with Gasteiger partial charge in [0.15, 0.2) is 0 Å². The molecule has 0 bridgehead atoms. The molecule has 228 valence electrons. The Morgan fingerprint density at radius 1 is 0.907 bits per heavy atom. The quantitative estimate of drug-likeness (QED) is 0.231. The number of hydrogen-bond donors (Lipinski definition) is 0. The molecule has 3 saturated carbocycles. The summed E-state index contributed by atoms with van der Waals surface area (Å²) in [6.07, 6.45) is 18.5. The number of carbonyl (C=O) groups is 1. The van der Waals surface area contributed by atoms with Gasteiger partial charge in [-0.05, 0) is 109 Å². The van der Waals surface area contributed by atoms with E-state index in [2.05, 4.69) is 77.6 Å². The number of fused-ring (bicyclic) bond motifs is 1. The number of ether oxygens (including phenoxy) is 1. The van der Waals surface area contributed by atoms with Gasteiger partial charge in [0.25, 0.3) is 0 Å². The zero-order valence-electron chi connectivity index (χ0n) is 27.2. The molecular formula is C41H52O2. The Morgan fingerprint density at radius 3 is 2.35 bits per heavy atom. The summed E-state index contributed by atoms with van der Waals surface area (Å²) in [6.45, 7) is 16.4. The van der Waals surface area contributed by atoms with Gasteiger partial charge in [0.05, 0.1) is 5.56 Å². The van der Waals surface area contributed by atoms with Crippen LogP contribution in [0.15, 0.2) is 102 Å². The number of esters is 1. The van der Waals surface area contributed by atoms with Gasteiger partial charge in [-0.3, -0.25) is 0 Å². The van der Waals surface area contributed by atoms with Crippen LogP contribution in [0.4, 0.5) is 0 Å². The van der Waals surface area contributed by atoms with Crippen molar-refractivity contribution in [1.82, 2.24) is 0 Å². The van der Waals surface area contributed by atoms with Crippen LogP contribution in [0.1, 0.15) is 96.3 Å². The molecule has 0 aromatic heterocycles. The van der Waals surface area contributed by atoms with Crippen LogP contribution in [0.3, 0.4) is 0 Å². The van der Waals surface area contributed by atoms with E-state index in [1.807, 2.05) is 42.5 Å². The minimum atomic E-state index is -0.235. The normalized spacial score (nSPS) is 29.3. The van der Waals surface area contributed by atoms with Crippen LogP contribution >= 0.6 is 0 Å². The second-order valence-electron chi connectivity index (χ2n) is 14.2. The predicted molar refractivity (Wildman–Crippen MR) is 181 cm³/mol. The van der Waals surface area contributed by atoms with E-state index in [4.69, 9.17) is 4.74 Å². The average Bonchev–Trinajstić information content (AvgIpc) is 3.38. The summed E-state index contributed by atoms with van der Waals surface area (Å²) in [5.41, 5.74) is 7.30. The fourth-order valence-corrected chi connectivity index (χ4v) is 7.98. The molecule has 2 nitrogen and oxygen atoms in total. The molecule has 2 aromatic carbocycles. The second-order valence-corrected chi connectivity index (χ2v) is 14.2. The molecule has 6 atom stereocenters. The van der Waals surface area contributed by atoms with Crippen molar-refractivity contribution in [1.29, 1.82) is 0 Å². The molecule has 3 fully saturated rings. The second kappa shape index (κ2) is 13.7. The lowest BCUT2D eigenvalue weighted by molar-refractivity contribution is 0.0270. The molecule has 2 aromatic rings. The lowest BCUT2D eigenvalue weighted by Crippen LogP contribution is -2.35. The first kappa shape index (κ1) is 31.3. The number of carbonyl (C=O) groups excluding carboxylic acids is 1. The molecule has 0 heterocycles. The van der Waals surface area contributed by atoms with Crippen molar-refractivity contribution < 1.29 is 9.53 Å². The van der Waals surface area contributed by atoms with E-state index >= 15 is 0 Å². The van der Waals surface area contributed by atoms with E-state index in [0.717, 1.165) is 36.3 Å². The zero-order chi connectivity index (χ0) is 30.6. The van der Waals surface area contributed by atoms with Crippen molar-refractivity contribution in [2.45, 2.75) is 92.1 Å². The maximum Gasteiger partial charge on any atom is 0.338 e. The highest BCUT2D eigenvalue weighted by Crippen LogP contribution is 2.59. The highest BCUT2D eigenvalue weighted by Gasteiger charge is 2.50. The molecule has 43 heavy (non-hydrogen) atoms. The van der Waals surface area contributed by atoms with Gasteiger partial charge in [-0.1, -0.05) is 119 Å². The lowest BCUT2D eigenvalue weighted by Gasteiger charge is -2.44. The van der Waals surface area contributed by atoms with E-state index in [9.17, 15) is 4.79 Å². The number of rotatable bonds is 8. The van der Waals surface area contributed by atoms with Crippen molar-refractivity contribution >= 4 is 5.97 Å². The van der Waals surface area contributed by atoms with Crippen molar-refractivity contribution in [2.24, 2.45) is 35.0 Å². The molecular weight excluding hydrogens is 524 g/mol. The fourth-order valence-electron chi connectivity index (χ4n) is 7.98. The SMILES string of the molecule is C=C1CC[C@H](OC(=O)c2ccc(-c3ccccc3)cc2)C/C1=C/C=C1\CCC[C@]2(C)[C@@H]([C@H](C)/C=C/[C@H](C)C(C)C)CC[C@@H]12. The summed E-state index contributed by atoms with van der Waals surface area (Å²) in [5, 5.41) is 0. The van der Waals surface area contributed by atoms with Gasteiger partial charge >= 0.3 is 5.97 Å². The van der Waals surface area contributed by atoms with E-state index in [1.54, 1.807) is 5.57 Å². The Labute approximate surface area is 261 Å². The maximum atomic E-state index is 13.0. The summed E-state index contributed by atoms with van der Waals surface area (Å²) >= 11 is 0. The molecule has 3 aliphatic carbocycles. The number of allylic oxidation sites excluding steroid dienone is 6. The van der Waals surface area contributed by atoms with Crippen molar-refractivity contribution in [3.63, 3.8) is 0 Å². The third-order valence-electron chi connectivity index (χ3n) is 11.1. The fraction of sp³-hybridized carbons (Fsp3) is 0.488. The van der Waals surface area contributed by atoms with Crippen molar-refractivity contribution in [3.05, 3.63) is 108 Å². The Morgan fingerprint density at radius 2 is 1.63 bits per heavy atom. The first-order valence-electron chi connectivity index (χ1n) is 16.8.